The molecule has 0 aromatic heterocycles. The van der Waals surface area contributed by atoms with Gasteiger partial charge in [0, 0.05) is 0 Å². The van der Waals surface area contributed by atoms with E-state index < -0.39 is 11.2 Å². The van der Waals surface area contributed by atoms with E-state index in [0.29, 0.717) is 428 Å². The predicted octanol–water partition coefficient (Wildman–Crippen LogP) is -7.34. The summed E-state index contributed by atoms with van der Waals surface area (Å²) in [5, 5.41) is 6.71. The van der Waals surface area contributed by atoms with Crippen molar-refractivity contribution < 1.29 is 518 Å². The molecule has 0 saturated heterocycles. The molecule has 4 rings (SSSR count). The van der Waals surface area contributed by atoms with Gasteiger partial charge < -0.3 is 0 Å². The molecule has 0 atom stereocenters. The number of hydrogen-bond acceptors (Lipinski definition) is 1. The van der Waals surface area contributed by atoms with Gasteiger partial charge in [0.1, 0.15) is 0 Å². The number of fused-ring (bicyclic) bond motifs is 2. The molecule has 0 bridgehead atoms. The van der Waals surface area contributed by atoms with Crippen molar-refractivity contribution in [2.75, 3.05) is 0 Å². The molecule has 0 aliphatic rings. The Labute approximate surface area is 568 Å². The summed E-state index contributed by atoms with van der Waals surface area (Å²) in [6, 6.07) is 0. The predicted molar refractivity (Wildman–Crippen MR) is 114 cm³/mol. The van der Waals surface area contributed by atoms with Crippen molar-refractivity contribution in [1.29, 1.82) is 0 Å². The van der Waals surface area contributed by atoms with Crippen LogP contribution in [0.4, 0.5) is 0 Å². The molecule has 4 aromatic carbocycles. The van der Waals surface area contributed by atoms with E-state index in [1.807, 2.05) is 4.83 Å². The quantitative estimate of drug-likeness (QED) is 0.184. The summed E-state index contributed by atoms with van der Waals surface area (Å²) in [5.41, 5.74) is 3.38. The number of benzene rings is 4. The van der Waals surface area contributed by atoms with Crippen LogP contribution in [0.3, 0.4) is 0 Å². The summed E-state index contributed by atoms with van der Waals surface area (Å²) < 4.78 is 37.3. The fraction of sp³-hybridized carbons (Fsp3) is 0.0909. The molecule has 14 heteroatoms. The Hall–Kier alpha value is 15.3. The van der Waals surface area contributed by atoms with Crippen molar-refractivity contribution in [3.8, 4) is 0 Å². The Balaban J connectivity index is 2.30. The maximum absolute atomic E-state index is 15.4. The summed E-state index contributed by atoms with van der Waals surface area (Å²) in [7, 11) is 0. The van der Waals surface area contributed by atoms with Gasteiger partial charge in [-0.3, -0.25) is 0 Å². The Morgan fingerprint density at radius 1 is 0.361 bits per heavy atom. The second kappa shape index (κ2) is 20.0. The van der Waals surface area contributed by atoms with Gasteiger partial charge in [0.05, 0.1) is 0 Å². The summed E-state index contributed by atoms with van der Waals surface area (Å²) in [4.78, 5) is 2.91. The van der Waals surface area contributed by atoms with Gasteiger partial charge in [-0.15, -0.1) is 0 Å². The average molecular weight is 3040 g/mol. The van der Waals surface area contributed by atoms with E-state index in [1.165, 1.54) is 9.79 Å². The van der Waals surface area contributed by atoms with Crippen molar-refractivity contribution >= 4 is 40.0 Å². The van der Waals surface area contributed by atoms with Crippen LogP contribution in [0.25, 0.3) is 21.5 Å². The average Bonchev–Trinajstić information content (AvgIpc) is 2.84. The monoisotopic (exact) mass is 3040 g/mol. The number of aryl methyl sites for hydroxylation is 2. The molecule has 0 aliphatic carbocycles. The standard InChI is InChI=1S/C22H6OS.12Ra.12H/c1-15-11-13-21(19-9-5-3-7-17(15)19)24(23)22-14-12-16(2)18-8-4-6-10-20(18)22;;;;;;;;;;;;;;;;;;;;;;;;/h1-2H3;;;;;;;;;;;;;;;;;;;;;;;;. The van der Waals surface area contributed by atoms with E-state index >= 15 is 4.55 Å². The molecular formula is C22H18ORa12S. The SMILES string of the molecule is Cc1[c]([RaH])[c]([RaH])c([S+]([O-])c2[c]([RaH])[c]([RaH])c(C)c3[c]([RaH])[c]([RaH])[c]([RaH])[c]([RaH])c23)c2[c]([RaH])[c]([RaH])[c]([RaH])[c]([RaH])c12. The van der Waals surface area contributed by atoms with Gasteiger partial charge in [0.15, 0.2) is 0 Å². The second-order valence-electron chi connectivity index (χ2n) is 11.2. The van der Waals surface area contributed by atoms with Crippen LogP contribution in [0.2, 0.25) is 0 Å². The van der Waals surface area contributed by atoms with Gasteiger partial charge in [0.25, 0.3) is 0 Å². The fourth-order valence-electron chi connectivity index (χ4n) is 6.35. The third-order valence-corrected chi connectivity index (χ3v) is 218. The Bertz CT molecular complexity index is 1510. The molecule has 0 spiro atoms. The first-order valence-electron chi connectivity index (χ1n) is 13.1. The number of rotatable bonds is 2. The maximum atomic E-state index is 15.4. The van der Waals surface area contributed by atoms with E-state index in [2.05, 4.69) is 13.8 Å². The van der Waals surface area contributed by atoms with Crippen molar-refractivity contribution in [3.63, 3.8) is 0 Å². The molecule has 0 radical (unpaired) electrons. The first-order chi connectivity index (χ1) is 16.7. The summed E-state index contributed by atoms with van der Waals surface area (Å²) >= 11 is 3.23. The molecule has 0 saturated carbocycles. The molecule has 36 heavy (non-hydrogen) atoms. The van der Waals surface area contributed by atoms with Crippen molar-refractivity contribution in [1.82, 2.24) is 0 Å². The van der Waals surface area contributed by atoms with Crippen LogP contribution in [0, 0.1) is 527 Å². The molecule has 1 nitrogen and oxygen atoms in total. The third-order valence-electron chi connectivity index (χ3n) is 9.88. The van der Waals surface area contributed by atoms with Crippen LogP contribution in [-0.4, -0.2) is 4.55 Å². The van der Waals surface area contributed by atoms with E-state index in [0.717, 1.165) is 0 Å². The Morgan fingerprint density at radius 2 is 0.611 bits per heavy atom. The molecule has 0 aliphatic heterocycles. The van der Waals surface area contributed by atoms with Crippen LogP contribution in [0.1, 0.15) is 11.1 Å². The normalized spacial score (nSPS) is 11.3. The minimum absolute atomic E-state index is 0.221. The van der Waals surface area contributed by atoms with Gasteiger partial charge in [-0.2, -0.15) is 0 Å². The minimum atomic E-state index is -0.922. The van der Waals surface area contributed by atoms with Crippen LogP contribution < -0.4 is 7.25 Å². The van der Waals surface area contributed by atoms with Crippen LogP contribution in [0.5, 0.6) is 0 Å². The summed E-state index contributed by atoms with van der Waals surface area (Å²) in [6.07, 6.45) is 0. The fourth-order valence-corrected chi connectivity index (χ4v) is 84.6. The van der Waals surface area contributed by atoms with E-state index in [9.17, 15) is 0 Å². The summed E-state index contributed by atoms with van der Waals surface area (Å²) in [5.74, 6) is 0. The zero-order valence-corrected chi connectivity index (χ0v) is 124. The molecule has 0 amide bonds. The second-order valence-corrected chi connectivity index (χ2v) is 61.8. The first-order valence-corrected chi connectivity index (χ1v) is 63.5. The molecular weight excluding hydrogens is 3020 g/mol. The summed E-state index contributed by atoms with van der Waals surface area (Å²) in [6.45, 7) is 4.97. The van der Waals surface area contributed by atoms with Crippen LogP contribution in [-0.2, 0) is 11.2 Å². The zero-order chi connectivity index (χ0) is 27.1. The molecule has 0 heterocycles. The van der Waals surface area contributed by atoms with Gasteiger partial charge in [0.2, 0.25) is 0 Å². The van der Waals surface area contributed by atoms with Crippen LogP contribution >= 0.6 is 0 Å². The first kappa shape index (κ1) is 44.0. The van der Waals surface area contributed by atoms with Crippen molar-refractivity contribution in [2.24, 2.45) is 0 Å². The number of hydrogen-bond donors (Lipinski definition) is 0. The van der Waals surface area contributed by atoms with Gasteiger partial charge in [-0.05, 0) is 0 Å². The Kier molecular flexibility index (Phi) is 24.4. The molecule has 4 aromatic rings. The van der Waals surface area contributed by atoms with Gasteiger partial charge in [-0.1, -0.05) is 0 Å². The van der Waals surface area contributed by atoms with Crippen molar-refractivity contribution in [2.45, 2.75) is 23.6 Å². The molecule has 142 valence electrons. The molecule has 0 fully saturated rings. The Morgan fingerprint density at radius 3 is 0.889 bits per heavy atom. The topological polar surface area (TPSA) is 23.1 Å². The van der Waals surface area contributed by atoms with Gasteiger partial charge >= 0.3 is 593 Å². The van der Waals surface area contributed by atoms with E-state index in [4.69, 9.17) is 0 Å². The zero-order valence-electron chi connectivity index (χ0n) is 24.8. The van der Waals surface area contributed by atoms with Gasteiger partial charge in [-0.25, -0.2) is 0 Å². The van der Waals surface area contributed by atoms with Crippen LogP contribution in [0.15, 0.2) is 9.79 Å². The van der Waals surface area contributed by atoms with E-state index in [1.54, 1.807) is 35.1 Å². The van der Waals surface area contributed by atoms with E-state index in [-0.39, 0.29) is 85.6 Å². The molecule has 0 N–H and O–H groups in total. The van der Waals surface area contributed by atoms with Crippen molar-refractivity contribution in [3.05, 3.63) is 11.1 Å². The molecule has 0 unspecified atom stereocenters. The third kappa shape index (κ3) is 9.29.